The van der Waals surface area contributed by atoms with E-state index >= 15 is 0 Å². The molecular formula is C13H25F3N2. The lowest BCUT2D eigenvalue weighted by molar-refractivity contribution is -0.176. The van der Waals surface area contributed by atoms with Gasteiger partial charge in [-0.1, -0.05) is 19.8 Å². The Kier molecular flexibility index (Phi) is 6.43. The van der Waals surface area contributed by atoms with Crippen LogP contribution in [0.15, 0.2) is 0 Å². The van der Waals surface area contributed by atoms with Crippen LogP contribution in [0, 0.1) is 11.8 Å². The SMILES string of the molecule is CCCC1CCCN(CC(CN)C(F)(F)F)CC1. The molecule has 1 rings (SSSR count). The Morgan fingerprint density at radius 1 is 1.28 bits per heavy atom. The van der Waals surface area contributed by atoms with E-state index in [-0.39, 0.29) is 13.1 Å². The molecule has 0 aromatic carbocycles. The van der Waals surface area contributed by atoms with E-state index in [1.165, 1.54) is 12.8 Å². The molecule has 1 heterocycles. The maximum Gasteiger partial charge on any atom is 0.394 e. The van der Waals surface area contributed by atoms with Gasteiger partial charge in [-0.15, -0.1) is 0 Å². The Balaban J connectivity index is 2.43. The predicted octanol–water partition coefficient (Wildman–Crippen LogP) is 3.03. The Labute approximate surface area is 108 Å². The molecule has 2 nitrogen and oxygen atoms in total. The zero-order valence-electron chi connectivity index (χ0n) is 11.2. The largest absolute Gasteiger partial charge is 0.394 e. The van der Waals surface area contributed by atoms with E-state index in [0.717, 1.165) is 32.4 Å². The Morgan fingerprint density at radius 2 is 2.00 bits per heavy atom. The van der Waals surface area contributed by atoms with Crippen LogP contribution in [0.25, 0.3) is 0 Å². The van der Waals surface area contributed by atoms with Crippen molar-refractivity contribution in [1.82, 2.24) is 4.90 Å². The summed E-state index contributed by atoms with van der Waals surface area (Å²) in [5, 5.41) is 0. The third-order valence-corrected chi connectivity index (χ3v) is 3.86. The fourth-order valence-electron chi connectivity index (χ4n) is 2.73. The van der Waals surface area contributed by atoms with Crippen LogP contribution in [-0.4, -0.2) is 37.3 Å². The summed E-state index contributed by atoms with van der Waals surface area (Å²) in [5.41, 5.74) is 5.24. The van der Waals surface area contributed by atoms with Gasteiger partial charge in [0.15, 0.2) is 0 Å². The minimum atomic E-state index is -4.16. The van der Waals surface area contributed by atoms with Crippen LogP contribution in [0.4, 0.5) is 13.2 Å². The summed E-state index contributed by atoms with van der Waals surface area (Å²) in [7, 11) is 0. The summed E-state index contributed by atoms with van der Waals surface area (Å²) in [6.07, 6.45) is 1.41. The molecule has 2 N–H and O–H groups in total. The monoisotopic (exact) mass is 266 g/mol. The smallest absolute Gasteiger partial charge is 0.330 e. The third-order valence-electron chi connectivity index (χ3n) is 3.86. The number of rotatable bonds is 5. The fourth-order valence-corrected chi connectivity index (χ4v) is 2.73. The van der Waals surface area contributed by atoms with Crippen LogP contribution < -0.4 is 5.73 Å². The van der Waals surface area contributed by atoms with Crippen molar-refractivity contribution in [3.63, 3.8) is 0 Å². The summed E-state index contributed by atoms with van der Waals surface area (Å²) in [6.45, 7) is 3.50. The Morgan fingerprint density at radius 3 is 2.56 bits per heavy atom. The number of likely N-dealkylation sites (tertiary alicyclic amines) is 1. The highest BCUT2D eigenvalue weighted by molar-refractivity contribution is 4.76. The number of alkyl halides is 3. The number of hydrogen-bond donors (Lipinski definition) is 1. The maximum atomic E-state index is 12.7. The van der Waals surface area contributed by atoms with Crippen molar-refractivity contribution < 1.29 is 13.2 Å². The average Bonchev–Trinajstić information content (AvgIpc) is 2.50. The molecule has 5 heteroatoms. The summed E-state index contributed by atoms with van der Waals surface area (Å²) < 4.78 is 38.0. The van der Waals surface area contributed by atoms with Crippen molar-refractivity contribution in [1.29, 1.82) is 0 Å². The number of nitrogens with two attached hydrogens (primary N) is 1. The molecule has 1 aliphatic heterocycles. The normalized spacial score (nSPS) is 24.8. The molecule has 18 heavy (non-hydrogen) atoms. The molecule has 2 atom stereocenters. The second kappa shape index (κ2) is 7.34. The quantitative estimate of drug-likeness (QED) is 0.828. The van der Waals surface area contributed by atoms with E-state index in [0.29, 0.717) is 5.92 Å². The van der Waals surface area contributed by atoms with Gasteiger partial charge < -0.3 is 10.6 Å². The van der Waals surface area contributed by atoms with Crippen LogP contribution in [0.3, 0.4) is 0 Å². The van der Waals surface area contributed by atoms with Crippen molar-refractivity contribution in [3.05, 3.63) is 0 Å². The van der Waals surface area contributed by atoms with Gasteiger partial charge >= 0.3 is 6.18 Å². The van der Waals surface area contributed by atoms with Gasteiger partial charge in [0.2, 0.25) is 0 Å². The van der Waals surface area contributed by atoms with Crippen molar-refractivity contribution in [2.24, 2.45) is 17.6 Å². The van der Waals surface area contributed by atoms with Gasteiger partial charge in [0, 0.05) is 13.1 Å². The molecule has 0 radical (unpaired) electrons. The van der Waals surface area contributed by atoms with Gasteiger partial charge in [-0.3, -0.25) is 0 Å². The summed E-state index contributed by atoms with van der Waals surface area (Å²) in [5.74, 6) is -0.678. The first-order valence-corrected chi connectivity index (χ1v) is 6.96. The van der Waals surface area contributed by atoms with Gasteiger partial charge in [0.1, 0.15) is 0 Å². The third kappa shape index (κ3) is 5.14. The van der Waals surface area contributed by atoms with E-state index in [1.807, 2.05) is 4.90 Å². The van der Waals surface area contributed by atoms with Gasteiger partial charge in [-0.25, -0.2) is 0 Å². The lowest BCUT2D eigenvalue weighted by atomic mass is 9.96. The topological polar surface area (TPSA) is 29.3 Å². The number of hydrogen-bond acceptors (Lipinski definition) is 2. The molecule has 108 valence electrons. The first-order valence-electron chi connectivity index (χ1n) is 6.96. The second-order valence-electron chi connectivity index (χ2n) is 5.36. The molecule has 0 spiro atoms. The van der Waals surface area contributed by atoms with Crippen LogP contribution in [0.5, 0.6) is 0 Å². The van der Waals surface area contributed by atoms with Crippen LogP contribution >= 0.6 is 0 Å². The van der Waals surface area contributed by atoms with Crippen molar-refractivity contribution in [2.75, 3.05) is 26.2 Å². The number of nitrogens with zero attached hydrogens (tertiary/aromatic N) is 1. The van der Waals surface area contributed by atoms with Gasteiger partial charge in [0.05, 0.1) is 5.92 Å². The highest BCUT2D eigenvalue weighted by Gasteiger charge is 2.39. The van der Waals surface area contributed by atoms with E-state index in [9.17, 15) is 13.2 Å². The first-order chi connectivity index (χ1) is 8.47. The molecule has 1 aliphatic rings. The lowest BCUT2D eigenvalue weighted by Crippen LogP contribution is -2.41. The minimum Gasteiger partial charge on any atom is -0.330 e. The maximum absolute atomic E-state index is 12.7. The van der Waals surface area contributed by atoms with Crippen LogP contribution in [0.2, 0.25) is 0 Å². The van der Waals surface area contributed by atoms with Crippen LogP contribution in [0.1, 0.15) is 39.0 Å². The molecule has 0 bridgehead atoms. The van der Waals surface area contributed by atoms with Gasteiger partial charge in [-0.2, -0.15) is 13.2 Å². The lowest BCUT2D eigenvalue weighted by Gasteiger charge is -2.27. The standard InChI is InChI=1S/C13H25F3N2/c1-2-4-11-5-3-7-18(8-6-11)10-12(9-17)13(14,15)16/h11-12H,2-10,17H2,1H3. The van der Waals surface area contributed by atoms with Crippen molar-refractivity contribution in [3.8, 4) is 0 Å². The Hall–Kier alpha value is -0.290. The molecular weight excluding hydrogens is 241 g/mol. The number of halogens is 3. The summed E-state index contributed by atoms with van der Waals surface area (Å²) in [4.78, 5) is 1.95. The molecule has 0 amide bonds. The van der Waals surface area contributed by atoms with E-state index in [1.54, 1.807) is 0 Å². The molecule has 1 fully saturated rings. The van der Waals surface area contributed by atoms with E-state index < -0.39 is 12.1 Å². The minimum absolute atomic E-state index is 0.0683. The molecule has 0 aromatic heterocycles. The van der Waals surface area contributed by atoms with E-state index in [4.69, 9.17) is 5.73 Å². The zero-order valence-corrected chi connectivity index (χ0v) is 11.2. The van der Waals surface area contributed by atoms with Crippen molar-refractivity contribution in [2.45, 2.75) is 45.2 Å². The molecule has 0 aliphatic carbocycles. The van der Waals surface area contributed by atoms with Gasteiger partial charge in [-0.05, 0) is 38.3 Å². The molecule has 1 saturated heterocycles. The molecule has 0 saturated carbocycles. The van der Waals surface area contributed by atoms with Gasteiger partial charge in [0.25, 0.3) is 0 Å². The zero-order chi connectivity index (χ0) is 13.6. The molecule has 0 aromatic rings. The van der Waals surface area contributed by atoms with E-state index in [2.05, 4.69) is 6.92 Å². The highest BCUT2D eigenvalue weighted by atomic mass is 19.4. The molecule has 2 unspecified atom stereocenters. The first kappa shape index (κ1) is 15.8. The predicted molar refractivity (Wildman–Crippen MR) is 67.3 cm³/mol. The van der Waals surface area contributed by atoms with Crippen molar-refractivity contribution >= 4 is 0 Å². The Bertz CT molecular complexity index is 231. The summed E-state index contributed by atoms with van der Waals surface area (Å²) >= 11 is 0. The summed E-state index contributed by atoms with van der Waals surface area (Å²) in [6, 6.07) is 0. The highest BCUT2D eigenvalue weighted by Crippen LogP contribution is 2.28. The second-order valence-corrected chi connectivity index (χ2v) is 5.36. The van der Waals surface area contributed by atoms with Crippen LogP contribution in [-0.2, 0) is 0 Å². The average molecular weight is 266 g/mol. The fraction of sp³-hybridized carbons (Fsp3) is 1.00.